The van der Waals surface area contributed by atoms with E-state index in [9.17, 15) is 13.2 Å². The SMILES string of the molecule is C[C@H]1CC[C@@H](NC(=O)NCCS(=O)(=O)C(C)(C)C)[C@@H](C)C1. The van der Waals surface area contributed by atoms with E-state index >= 15 is 0 Å². The number of hydrogen-bond donors (Lipinski definition) is 2. The van der Waals surface area contributed by atoms with E-state index in [4.69, 9.17) is 0 Å². The summed E-state index contributed by atoms with van der Waals surface area (Å²) in [6, 6.07) is -0.0639. The predicted octanol–water partition coefficient (Wildman–Crippen LogP) is 2.32. The molecule has 5 nitrogen and oxygen atoms in total. The van der Waals surface area contributed by atoms with Crippen LogP contribution in [-0.2, 0) is 9.84 Å². The fourth-order valence-electron chi connectivity index (χ4n) is 2.70. The van der Waals surface area contributed by atoms with Crippen molar-refractivity contribution in [2.75, 3.05) is 12.3 Å². The Labute approximate surface area is 129 Å². The van der Waals surface area contributed by atoms with Crippen LogP contribution in [0.4, 0.5) is 4.79 Å². The Balaban J connectivity index is 2.35. The van der Waals surface area contributed by atoms with Crippen molar-refractivity contribution in [1.29, 1.82) is 0 Å². The minimum Gasteiger partial charge on any atom is -0.337 e. The second-order valence-electron chi connectivity index (χ2n) is 7.33. The Morgan fingerprint density at radius 1 is 1.19 bits per heavy atom. The van der Waals surface area contributed by atoms with Gasteiger partial charge in [-0.3, -0.25) is 0 Å². The van der Waals surface area contributed by atoms with E-state index in [-0.39, 0.29) is 24.4 Å². The van der Waals surface area contributed by atoms with Crippen LogP contribution < -0.4 is 10.6 Å². The molecule has 0 spiro atoms. The van der Waals surface area contributed by atoms with Gasteiger partial charge in [0.25, 0.3) is 0 Å². The molecule has 1 fully saturated rings. The number of urea groups is 1. The van der Waals surface area contributed by atoms with E-state index in [0.29, 0.717) is 5.92 Å². The summed E-state index contributed by atoms with van der Waals surface area (Å²) in [4.78, 5) is 11.9. The van der Waals surface area contributed by atoms with Gasteiger partial charge in [0.1, 0.15) is 0 Å². The Bertz CT molecular complexity index is 454. The van der Waals surface area contributed by atoms with Crippen molar-refractivity contribution >= 4 is 15.9 Å². The maximum absolute atomic E-state index is 11.9. The first-order valence-corrected chi connectivity index (χ1v) is 9.45. The van der Waals surface area contributed by atoms with Crippen LogP contribution in [0.5, 0.6) is 0 Å². The zero-order chi connectivity index (χ0) is 16.3. The number of nitrogens with one attached hydrogen (secondary N) is 2. The highest BCUT2D eigenvalue weighted by Crippen LogP contribution is 2.28. The predicted molar refractivity (Wildman–Crippen MR) is 86.0 cm³/mol. The molecule has 0 unspecified atom stereocenters. The summed E-state index contributed by atoms with van der Waals surface area (Å²) in [7, 11) is -3.19. The third kappa shape index (κ3) is 5.49. The highest BCUT2D eigenvalue weighted by Gasteiger charge is 2.29. The van der Waals surface area contributed by atoms with Crippen molar-refractivity contribution < 1.29 is 13.2 Å². The molecule has 1 rings (SSSR count). The van der Waals surface area contributed by atoms with Gasteiger partial charge >= 0.3 is 6.03 Å². The van der Waals surface area contributed by atoms with Crippen molar-refractivity contribution in [3.63, 3.8) is 0 Å². The molecule has 0 radical (unpaired) electrons. The zero-order valence-electron chi connectivity index (χ0n) is 13.9. The fraction of sp³-hybridized carbons (Fsp3) is 0.933. The molecule has 0 aliphatic heterocycles. The van der Waals surface area contributed by atoms with Crippen LogP contribution >= 0.6 is 0 Å². The molecule has 1 saturated carbocycles. The second kappa shape index (κ2) is 6.99. The van der Waals surface area contributed by atoms with E-state index in [1.807, 2.05) is 0 Å². The number of carbonyl (C=O) groups excluding carboxylic acids is 1. The normalized spacial score (nSPS) is 27.2. The number of amides is 2. The Morgan fingerprint density at radius 2 is 1.81 bits per heavy atom. The molecule has 124 valence electrons. The molecular weight excluding hydrogens is 288 g/mol. The molecule has 1 aliphatic rings. The largest absolute Gasteiger partial charge is 0.337 e. The quantitative estimate of drug-likeness (QED) is 0.835. The summed E-state index contributed by atoms with van der Waals surface area (Å²) in [5.41, 5.74) is 0. The lowest BCUT2D eigenvalue weighted by molar-refractivity contribution is 0.207. The molecule has 21 heavy (non-hydrogen) atoms. The molecule has 0 aromatic rings. The molecule has 3 atom stereocenters. The van der Waals surface area contributed by atoms with Crippen LogP contribution in [0.1, 0.15) is 53.9 Å². The Morgan fingerprint density at radius 3 is 2.33 bits per heavy atom. The summed E-state index contributed by atoms with van der Waals surface area (Å²) in [6.45, 7) is 9.57. The monoisotopic (exact) mass is 318 g/mol. The first-order valence-electron chi connectivity index (χ1n) is 7.79. The summed E-state index contributed by atoms with van der Waals surface area (Å²) in [6.07, 6.45) is 3.26. The van der Waals surface area contributed by atoms with Crippen molar-refractivity contribution in [2.24, 2.45) is 11.8 Å². The first-order chi connectivity index (χ1) is 9.53. The molecule has 0 aromatic heterocycles. The van der Waals surface area contributed by atoms with E-state index < -0.39 is 14.6 Å². The lowest BCUT2D eigenvalue weighted by atomic mass is 9.80. The van der Waals surface area contributed by atoms with Gasteiger partial charge in [-0.15, -0.1) is 0 Å². The lowest BCUT2D eigenvalue weighted by Crippen LogP contribution is -2.48. The standard InChI is InChI=1S/C15H30N2O3S/c1-11-6-7-13(12(2)10-11)17-14(18)16-8-9-21(19,20)15(3,4)5/h11-13H,6-10H2,1-5H3,(H2,16,17,18)/t11-,12-,13+/m0/s1. The van der Waals surface area contributed by atoms with Crippen LogP contribution in [0.2, 0.25) is 0 Å². The molecule has 0 bridgehead atoms. The van der Waals surface area contributed by atoms with Gasteiger partial charge in [-0.2, -0.15) is 0 Å². The average Bonchev–Trinajstić information content (AvgIpc) is 2.31. The lowest BCUT2D eigenvalue weighted by Gasteiger charge is -2.33. The van der Waals surface area contributed by atoms with Gasteiger partial charge in [-0.1, -0.05) is 13.8 Å². The van der Waals surface area contributed by atoms with Gasteiger partial charge in [0.05, 0.1) is 10.5 Å². The summed E-state index contributed by atoms with van der Waals surface area (Å²) in [5, 5.41) is 5.63. The third-order valence-electron chi connectivity index (χ3n) is 4.34. The Hall–Kier alpha value is -0.780. The molecule has 1 aliphatic carbocycles. The van der Waals surface area contributed by atoms with Crippen molar-refractivity contribution in [3.05, 3.63) is 0 Å². The van der Waals surface area contributed by atoms with Crippen LogP contribution in [-0.4, -0.2) is 37.5 Å². The first kappa shape index (κ1) is 18.3. The topological polar surface area (TPSA) is 75.3 Å². The molecule has 2 amide bonds. The van der Waals surface area contributed by atoms with Crippen LogP contribution in [0.3, 0.4) is 0 Å². The van der Waals surface area contributed by atoms with E-state index in [0.717, 1.165) is 25.2 Å². The number of hydrogen-bond acceptors (Lipinski definition) is 3. The van der Waals surface area contributed by atoms with Crippen molar-refractivity contribution in [3.8, 4) is 0 Å². The molecule has 6 heteroatoms. The third-order valence-corrected chi connectivity index (χ3v) is 6.94. The molecule has 0 aromatic carbocycles. The molecular formula is C15H30N2O3S. The van der Waals surface area contributed by atoms with E-state index in [1.54, 1.807) is 20.8 Å². The van der Waals surface area contributed by atoms with Gasteiger partial charge in [-0.05, 0) is 51.9 Å². The van der Waals surface area contributed by atoms with Crippen molar-refractivity contribution in [1.82, 2.24) is 10.6 Å². The summed E-state index contributed by atoms with van der Waals surface area (Å²) < 4.78 is 23.1. The van der Waals surface area contributed by atoms with E-state index in [1.165, 1.54) is 0 Å². The summed E-state index contributed by atoms with van der Waals surface area (Å²) in [5.74, 6) is 1.16. The highest BCUT2D eigenvalue weighted by molar-refractivity contribution is 7.92. The van der Waals surface area contributed by atoms with Gasteiger partial charge in [0, 0.05) is 12.6 Å². The average molecular weight is 318 g/mol. The maximum atomic E-state index is 11.9. The van der Waals surface area contributed by atoms with Crippen LogP contribution in [0.25, 0.3) is 0 Å². The van der Waals surface area contributed by atoms with Crippen LogP contribution in [0, 0.1) is 11.8 Å². The number of sulfone groups is 1. The molecule has 0 heterocycles. The fourth-order valence-corrected chi connectivity index (χ4v) is 3.69. The second-order valence-corrected chi connectivity index (χ2v) is 10.2. The number of rotatable bonds is 4. The molecule has 0 saturated heterocycles. The van der Waals surface area contributed by atoms with Gasteiger partial charge < -0.3 is 10.6 Å². The zero-order valence-corrected chi connectivity index (χ0v) is 14.7. The van der Waals surface area contributed by atoms with Gasteiger partial charge in [-0.25, -0.2) is 13.2 Å². The van der Waals surface area contributed by atoms with Crippen LogP contribution in [0.15, 0.2) is 0 Å². The minimum absolute atomic E-state index is 0.0266. The number of carbonyl (C=O) groups is 1. The maximum Gasteiger partial charge on any atom is 0.315 e. The Kier molecular flexibility index (Phi) is 6.08. The smallest absolute Gasteiger partial charge is 0.315 e. The van der Waals surface area contributed by atoms with Crippen molar-refractivity contribution in [2.45, 2.75) is 64.7 Å². The summed E-state index contributed by atoms with van der Waals surface area (Å²) >= 11 is 0. The minimum atomic E-state index is -3.19. The van der Waals surface area contributed by atoms with E-state index in [2.05, 4.69) is 24.5 Å². The highest BCUT2D eigenvalue weighted by atomic mass is 32.2. The van der Waals surface area contributed by atoms with Gasteiger partial charge in [0.15, 0.2) is 9.84 Å². The molecule has 2 N–H and O–H groups in total. The van der Waals surface area contributed by atoms with Gasteiger partial charge in [0.2, 0.25) is 0 Å².